The topological polar surface area (TPSA) is 95.0 Å². The summed E-state index contributed by atoms with van der Waals surface area (Å²) in [6, 6.07) is 3.41. The van der Waals surface area contributed by atoms with E-state index in [1.165, 1.54) is 6.07 Å². The molecule has 34 heavy (non-hydrogen) atoms. The molecule has 1 aliphatic carbocycles. The van der Waals surface area contributed by atoms with E-state index in [0.29, 0.717) is 33.9 Å². The normalized spacial score (nSPS) is 19.1. The number of anilines is 1. The molecule has 0 unspecified atom stereocenters. The second-order valence-electron chi connectivity index (χ2n) is 9.60. The molecule has 2 aliphatic rings. The van der Waals surface area contributed by atoms with E-state index in [0.717, 1.165) is 69.6 Å². The van der Waals surface area contributed by atoms with Crippen molar-refractivity contribution in [3.63, 3.8) is 0 Å². The second kappa shape index (κ2) is 8.56. The molecule has 3 heterocycles. The Bertz CT molecular complexity index is 1170. The Morgan fingerprint density at radius 1 is 1.12 bits per heavy atom. The van der Waals surface area contributed by atoms with Crippen molar-refractivity contribution in [1.29, 1.82) is 0 Å². The first-order valence-electron chi connectivity index (χ1n) is 11.6. The number of H-pyrrole nitrogens is 1. The van der Waals surface area contributed by atoms with E-state index in [9.17, 15) is 18.0 Å². The van der Waals surface area contributed by atoms with E-state index in [1.807, 2.05) is 0 Å². The molecule has 180 valence electrons. The lowest BCUT2D eigenvalue weighted by molar-refractivity contribution is -0.139. The summed E-state index contributed by atoms with van der Waals surface area (Å²) in [6.07, 6.45) is 5.42. The second-order valence-corrected chi connectivity index (χ2v) is 9.60. The van der Waals surface area contributed by atoms with Gasteiger partial charge in [0.25, 0.3) is 0 Å². The maximum absolute atomic E-state index is 13.0. The number of aromatic nitrogens is 4. The van der Waals surface area contributed by atoms with Gasteiger partial charge < -0.3 is 15.0 Å². The Kier molecular flexibility index (Phi) is 5.69. The van der Waals surface area contributed by atoms with Crippen molar-refractivity contribution in [2.75, 3.05) is 18.0 Å². The van der Waals surface area contributed by atoms with Gasteiger partial charge in [-0.25, -0.2) is 15.0 Å². The number of rotatable bonds is 4. The van der Waals surface area contributed by atoms with Gasteiger partial charge >= 0.3 is 12.1 Å². The molecule has 7 nitrogen and oxygen atoms in total. The maximum atomic E-state index is 13.0. The highest BCUT2D eigenvalue weighted by Crippen LogP contribution is 2.47. The van der Waals surface area contributed by atoms with Crippen LogP contribution in [0, 0.1) is 11.3 Å². The Balaban J connectivity index is 1.23. The Morgan fingerprint density at radius 2 is 1.85 bits per heavy atom. The molecule has 2 aromatic heterocycles. The lowest BCUT2D eigenvalue weighted by Crippen LogP contribution is -2.42. The lowest BCUT2D eigenvalue weighted by atomic mass is 9.65. The quantitative estimate of drug-likeness (QED) is 0.535. The average Bonchev–Trinajstić information content (AvgIpc) is 3.24. The molecule has 3 aromatic rings. The number of imidazole rings is 1. The van der Waals surface area contributed by atoms with Crippen LogP contribution in [0.2, 0.25) is 0 Å². The van der Waals surface area contributed by atoms with Crippen LogP contribution >= 0.6 is 0 Å². The summed E-state index contributed by atoms with van der Waals surface area (Å²) < 4.78 is 38.9. The number of hydrogen-bond acceptors (Lipinski definition) is 5. The van der Waals surface area contributed by atoms with E-state index in [1.54, 1.807) is 12.4 Å². The number of piperidine rings is 1. The van der Waals surface area contributed by atoms with Gasteiger partial charge in [0.2, 0.25) is 0 Å². The van der Waals surface area contributed by atoms with Gasteiger partial charge in [-0.15, -0.1) is 0 Å². The van der Waals surface area contributed by atoms with Gasteiger partial charge in [0.05, 0.1) is 29.0 Å². The number of nitrogens with zero attached hydrogens (tertiary/aromatic N) is 4. The standard InChI is InChI=1S/C24H26F3N5O2/c25-24(26,27)16-1-2-17-18(12-16)31-22(30-17)19-13-29-20(14-28-19)32-9-7-23(8-10-32)5-3-15(4-6-23)11-21(33)34/h1-2,12-15H,3-11H2,(H,30,31)(H,33,34). The molecule has 0 amide bonds. The molecule has 5 rings (SSSR count). The third-order valence-corrected chi connectivity index (χ3v) is 7.47. The fourth-order valence-corrected chi connectivity index (χ4v) is 5.37. The lowest BCUT2D eigenvalue weighted by Gasteiger charge is -2.46. The number of hydrogen-bond donors (Lipinski definition) is 2. The number of alkyl halides is 3. The number of carboxylic acids is 1. The summed E-state index contributed by atoms with van der Waals surface area (Å²) >= 11 is 0. The monoisotopic (exact) mass is 473 g/mol. The van der Waals surface area contributed by atoms with E-state index in [4.69, 9.17) is 5.11 Å². The van der Waals surface area contributed by atoms with Crippen LogP contribution in [0.25, 0.3) is 22.6 Å². The van der Waals surface area contributed by atoms with Crippen LogP contribution in [-0.4, -0.2) is 44.1 Å². The number of benzene rings is 1. The molecule has 1 spiro atoms. The summed E-state index contributed by atoms with van der Waals surface area (Å²) in [6.45, 7) is 1.75. The van der Waals surface area contributed by atoms with Crippen LogP contribution in [0.1, 0.15) is 50.5 Å². The first-order chi connectivity index (χ1) is 16.2. The van der Waals surface area contributed by atoms with Crippen LogP contribution in [-0.2, 0) is 11.0 Å². The first kappa shape index (κ1) is 22.6. The zero-order valence-corrected chi connectivity index (χ0v) is 18.6. The van der Waals surface area contributed by atoms with Crippen molar-refractivity contribution in [3.05, 3.63) is 36.2 Å². The Morgan fingerprint density at radius 3 is 2.47 bits per heavy atom. The molecule has 1 saturated carbocycles. The summed E-state index contributed by atoms with van der Waals surface area (Å²) in [5, 5.41) is 9.03. The minimum Gasteiger partial charge on any atom is -0.481 e. The predicted molar refractivity (Wildman–Crippen MR) is 120 cm³/mol. The molecular weight excluding hydrogens is 447 g/mol. The van der Waals surface area contributed by atoms with E-state index >= 15 is 0 Å². The molecule has 2 N–H and O–H groups in total. The van der Waals surface area contributed by atoms with Crippen LogP contribution in [0.5, 0.6) is 0 Å². The predicted octanol–water partition coefficient (Wildman–Crippen LogP) is 5.29. The zero-order chi connectivity index (χ0) is 23.9. The largest absolute Gasteiger partial charge is 0.481 e. The Hall–Kier alpha value is -3.17. The van der Waals surface area contributed by atoms with Crippen molar-refractivity contribution in [2.45, 2.75) is 51.1 Å². The van der Waals surface area contributed by atoms with E-state index in [2.05, 4.69) is 24.8 Å². The molecular formula is C24H26F3N5O2. The summed E-state index contributed by atoms with van der Waals surface area (Å²) in [5.41, 5.74) is 0.791. The number of nitrogens with one attached hydrogen (secondary N) is 1. The van der Waals surface area contributed by atoms with Crippen molar-refractivity contribution in [2.24, 2.45) is 11.3 Å². The first-order valence-corrected chi connectivity index (χ1v) is 11.6. The molecule has 0 atom stereocenters. The van der Waals surface area contributed by atoms with Crippen LogP contribution in [0.3, 0.4) is 0 Å². The van der Waals surface area contributed by atoms with Gasteiger partial charge in [-0.1, -0.05) is 0 Å². The summed E-state index contributed by atoms with van der Waals surface area (Å²) in [7, 11) is 0. The van der Waals surface area contributed by atoms with E-state index < -0.39 is 17.7 Å². The van der Waals surface area contributed by atoms with Crippen molar-refractivity contribution >= 4 is 22.8 Å². The Labute approximate surface area is 194 Å². The fourth-order valence-electron chi connectivity index (χ4n) is 5.37. The molecule has 1 aliphatic heterocycles. The van der Waals surface area contributed by atoms with Gasteiger partial charge in [-0.3, -0.25) is 4.79 Å². The minimum absolute atomic E-state index is 0.277. The molecule has 0 bridgehead atoms. The van der Waals surface area contributed by atoms with Crippen LogP contribution in [0.15, 0.2) is 30.6 Å². The van der Waals surface area contributed by atoms with Crippen molar-refractivity contribution in [1.82, 2.24) is 19.9 Å². The van der Waals surface area contributed by atoms with Crippen LogP contribution < -0.4 is 4.90 Å². The third kappa shape index (κ3) is 4.58. The number of aromatic amines is 1. The SMILES string of the molecule is O=C(O)CC1CCC2(CC1)CCN(c1cnc(-c3nc4ccc(C(F)(F)F)cc4[nH]3)cn1)CC2. The molecule has 0 radical (unpaired) electrons. The highest BCUT2D eigenvalue weighted by molar-refractivity contribution is 5.79. The number of fused-ring (bicyclic) bond motifs is 1. The van der Waals surface area contributed by atoms with Gasteiger partial charge in [0.1, 0.15) is 11.5 Å². The molecule has 2 fully saturated rings. The molecule has 1 aromatic carbocycles. The van der Waals surface area contributed by atoms with Gasteiger partial charge in [-0.2, -0.15) is 13.2 Å². The average molecular weight is 473 g/mol. The zero-order valence-electron chi connectivity index (χ0n) is 18.6. The van der Waals surface area contributed by atoms with Gasteiger partial charge in [0.15, 0.2) is 5.82 Å². The fraction of sp³-hybridized carbons (Fsp3) is 0.500. The van der Waals surface area contributed by atoms with E-state index in [-0.39, 0.29) is 6.42 Å². The van der Waals surface area contributed by atoms with Crippen LogP contribution in [0.4, 0.5) is 19.0 Å². The number of carboxylic acid groups (broad SMARTS) is 1. The van der Waals surface area contributed by atoms with Crippen molar-refractivity contribution < 1.29 is 23.1 Å². The number of carbonyl (C=O) groups is 1. The smallest absolute Gasteiger partial charge is 0.416 e. The summed E-state index contributed by atoms with van der Waals surface area (Å²) in [5.74, 6) is 0.752. The molecule has 10 heteroatoms. The van der Waals surface area contributed by atoms with Crippen molar-refractivity contribution in [3.8, 4) is 11.5 Å². The highest BCUT2D eigenvalue weighted by Gasteiger charge is 2.38. The third-order valence-electron chi connectivity index (χ3n) is 7.47. The maximum Gasteiger partial charge on any atom is 0.416 e. The molecule has 1 saturated heterocycles. The number of halogens is 3. The minimum atomic E-state index is -4.41. The number of aliphatic carboxylic acids is 1. The summed E-state index contributed by atoms with van der Waals surface area (Å²) in [4.78, 5) is 29.5. The van der Waals surface area contributed by atoms with Gasteiger partial charge in [-0.05, 0) is 68.1 Å². The highest BCUT2D eigenvalue weighted by atomic mass is 19.4. The van der Waals surface area contributed by atoms with Gasteiger partial charge in [0, 0.05) is 19.5 Å².